The van der Waals surface area contributed by atoms with E-state index >= 15 is 0 Å². The molecule has 1 aromatic rings. The molecule has 0 radical (unpaired) electrons. The van der Waals surface area contributed by atoms with Gasteiger partial charge in [-0.3, -0.25) is 4.79 Å². The number of rotatable bonds is 3. The maximum Gasteiger partial charge on any atom is 0.224 e. The molecule has 1 saturated heterocycles. The first kappa shape index (κ1) is 16.3. The van der Waals surface area contributed by atoms with E-state index in [2.05, 4.69) is 10.6 Å². The number of benzene rings is 1. The van der Waals surface area contributed by atoms with Crippen molar-refractivity contribution in [1.82, 2.24) is 5.32 Å². The van der Waals surface area contributed by atoms with Crippen LogP contribution in [0.25, 0.3) is 0 Å². The summed E-state index contributed by atoms with van der Waals surface area (Å²) < 4.78 is 0. The molecule has 3 nitrogen and oxygen atoms in total. The highest BCUT2D eigenvalue weighted by molar-refractivity contribution is 6.33. The van der Waals surface area contributed by atoms with Crippen molar-refractivity contribution in [3.05, 3.63) is 28.8 Å². The van der Waals surface area contributed by atoms with E-state index in [0.717, 1.165) is 37.2 Å². The zero-order valence-electron chi connectivity index (χ0n) is 11.0. The van der Waals surface area contributed by atoms with Crippen molar-refractivity contribution in [3.8, 4) is 0 Å². The SMILES string of the molecule is Cc1ccc(Cl)c(NC(=O)CC2CCNCC2)c1.Cl. The number of piperidine rings is 1. The molecule has 1 aliphatic heterocycles. The molecule has 1 aromatic carbocycles. The molecule has 0 atom stereocenters. The van der Waals surface area contributed by atoms with Gasteiger partial charge in [0.1, 0.15) is 0 Å². The topological polar surface area (TPSA) is 41.1 Å². The van der Waals surface area contributed by atoms with Gasteiger partial charge in [0.05, 0.1) is 10.7 Å². The summed E-state index contributed by atoms with van der Waals surface area (Å²) in [7, 11) is 0. The van der Waals surface area contributed by atoms with Gasteiger partial charge in [0, 0.05) is 6.42 Å². The average molecular weight is 303 g/mol. The monoisotopic (exact) mass is 302 g/mol. The van der Waals surface area contributed by atoms with Crippen LogP contribution in [0.15, 0.2) is 18.2 Å². The lowest BCUT2D eigenvalue weighted by Gasteiger charge is -2.22. The predicted octanol–water partition coefficient (Wildman–Crippen LogP) is 3.40. The van der Waals surface area contributed by atoms with Crippen molar-refractivity contribution in [2.45, 2.75) is 26.2 Å². The Kier molecular flexibility index (Phi) is 6.63. The summed E-state index contributed by atoms with van der Waals surface area (Å²) in [6.07, 6.45) is 2.75. The summed E-state index contributed by atoms with van der Waals surface area (Å²) in [6.45, 7) is 4.02. The van der Waals surface area contributed by atoms with E-state index in [1.54, 1.807) is 0 Å². The standard InChI is InChI=1S/C14H19ClN2O.ClH/c1-10-2-3-12(15)13(8-10)17-14(18)9-11-4-6-16-7-5-11;/h2-3,8,11,16H,4-7,9H2,1H3,(H,17,18);1H. The Bertz CT molecular complexity index is 431. The predicted molar refractivity (Wildman–Crippen MR) is 82.3 cm³/mol. The maximum absolute atomic E-state index is 12.0. The lowest BCUT2D eigenvalue weighted by atomic mass is 9.94. The second-order valence-corrected chi connectivity index (χ2v) is 5.34. The molecule has 1 heterocycles. The number of aryl methyl sites for hydroxylation is 1. The molecule has 106 valence electrons. The van der Waals surface area contributed by atoms with Crippen molar-refractivity contribution < 1.29 is 4.79 Å². The molecule has 19 heavy (non-hydrogen) atoms. The first-order valence-corrected chi connectivity index (χ1v) is 6.79. The Hall–Kier alpha value is -0.770. The van der Waals surface area contributed by atoms with E-state index in [4.69, 9.17) is 11.6 Å². The minimum atomic E-state index is 0. The molecule has 5 heteroatoms. The summed E-state index contributed by atoms with van der Waals surface area (Å²) in [5.41, 5.74) is 1.81. The smallest absolute Gasteiger partial charge is 0.224 e. The largest absolute Gasteiger partial charge is 0.325 e. The van der Waals surface area contributed by atoms with Crippen LogP contribution in [0, 0.1) is 12.8 Å². The number of carbonyl (C=O) groups excluding carboxylic acids is 1. The van der Waals surface area contributed by atoms with Gasteiger partial charge in [-0.25, -0.2) is 0 Å². The van der Waals surface area contributed by atoms with Gasteiger partial charge in [0.25, 0.3) is 0 Å². The van der Waals surface area contributed by atoms with E-state index in [1.165, 1.54) is 0 Å². The zero-order chi connectivity index (χ0) is 13.0. The van der Waals surface area contributed by atoms with Gasteiger partial charge in [-0.1, -0.05) is 17.7 Å². The van der Waals surface area contributed by atoms with Gasteiger partial charge in [-0.2, -0.15) is 0 Å². The summed E-state index contributed by atoms with van der Waals surface area (Å²) in [6, 6.07) is 5.66. The third-order valence-electron chi connectivity index (χ3n) is 3.33. The van der Waals surface area contributed by atoms with Crippen LogP contribution in [0.2, 0.25) is 5.02 Å². The average Bonchev–Trinajstić information content (AvgIpc) is 2.35. The second kappa shape index (κ2) is 7.73. The molecule has 2 N–H and O–H groups in total. The van der Waals surface area contributed by atoms with Crippen LogP contribution in [0.1, 0.15) is 24.8 Å². The fourth-order valence-corrected chi connectivity index (χ4v) is 2.45. The number of hydrogen-bond donors (Lipinski definition) is 2. The van der Waals surface area contributed by atoms with Crippen LogP contribution >= 0.6 is 24.0 Å². The number of nitrogens with one attached hydrogen (secondary N) is 2. The Morgan fingerprint density at radius 2 is 2.11 bits per heavy atom. The summed E-state index contributed by atoms with van der Waals surface area (Å²) in [5, 5.41) is 6.80. The molecule has 0 bridgehead atoms. The minimum Gasteiger partial charge on any atom is -0.325 e. The zero-order valence-corrected chi connectivity index (χ0v) is 12.6. The molecule has 2 rings (SSSR count). The van der Waals surface area contributed by atoms with E-state index in [1.807, 2.05) is 25.1 Å². The quantitative estimate of drug-likeness (QED) is 0.898. The van der Waals surface area contributed by atoms with E-state index in [-0.39, 0.29) is 18.3 Å². The summed E-state index contributed by atoms with van der Waals surface area (Å²) >= 11 is 6.06. The maximum atomic E-state index is 12.0. The molecule has 0 spiro atoms. The van der Waals surface area contributed by atoms with Crippen LogP contribution in [0.4, 0.5) is 5.69 Å². The minimum absolute atomic E-state index is 0. The molecule has 0 unspecified atom stereocenters. The normalized spacial score (nSPS) is 15.7. The van der Waals surface area contributed by atoms with Gasteiger partial charge < -0.3 is 10.6 Å². The first-order chi connectivity index (χ1) is 8.65. The van der Waals surface area contributed by atoms with E-state index in [0.29, 0.717) is 17.4 Å². The second-order valence-electron chi connectivity index (χ2n) is 4.93. The molecular weight excluding hydrogens is 283 g/mol. The molecular formula is C14H20Cl2N2O. The molecule has 1 aliphatic rings. The van der Waals surface area contributed by atoms with Gasteiger partial charge in [0.2, 0.25) is 5.91 Å². The van der Waals surface area contributed by atoms with E-state index in [9.17, 15) is 4.79 Å². The van der Waals surface area contributed by atoms with Crippen LogP contribution < -0.4 is 10.6 Å². The number of hydrogen-bond acceptors (Lipinski definition) is 2. The van der Waals surface area contributed by atoms with Gasteiger partial charge in [-0.05, 0) is 56.5 Å². The van der Waals surface area contributed by atoms with Crippen molar-refractivity contribution in [1.29, 1.82) is 0 Å². The Morgan fingerprint density at radius 3 is 2.79 bits per heavy atom. The van der Waals surface area contributed by atoms with Gasteiger partial charge >= 0.3 is 0 Å². The van der Waals surface area contributed by atoms with Gasteiger partial charge in [0.15, 0.2) is 0 Å². The Labute approximate surface area is 125 Å². The number of amides is 1. The van der Waals surface area contributed by atoms with Crippen LogP contribution in [-0.4, -0.2) is 19.0 Å². The van der Waals surface area contributed by atoms with E-state index < -0.39 is 0 Å². The molecule has 1 amide bonds. The highest BCUT2D eigenvalue weighted by Gasteiger charge is 2.17. The van der Waals surface area contributed by atoms with Crippen LogP contribution in [0.3, 0.4) is 0 Å². The summed E-state index contributed by atoms with van der Waals surface area (Å²) in [5.74, 6) is 0.559. The van der Waals surface area contributed by atoms with Crippen molar-refractivity contribution in [3.63, 3.8) is 0 Å². The van der Waals surface area contributed by atoms with Crippen molar-refractivity contribution in [2.75, 3.05) is 18.4 Å². The number of carbonyl (C=O) groups is 1. The Morgan fingerprint density at radius 1 is 1.42 bits per heavy atom. The Balaban J connectivity index is 0.00000180. The highest BCUT2D eigenvalue weighted by atomic mass is 35.5. The fraction of sp³-hybridized carbons (Fsp3) is 0.500. The highest BCUT2D eigenvalue weighted by Crippen LogP contribution is 2.24. The first-order valence-electron chi connectivity index (χ1n) is 6.42. The summed E-state index contributed by atoms with van der Waals surface area (Å²) in [4.78, 5) is 12.0. The lowest BCUT2D eigenvalue weighted by Crippen LogP contribution is -2.30. The van der Waals surface area contributed by atoms with Crippen LogP contribution in [-0.2, 0) is 4.79 Å². The number of halogens is 2. The lowest BCUT2D eigenvalue weighted by molar-refractivity contribution is -0.117. The van der Waals surface area contributed by atoms with Crippen molar-refractivity contribution in [2.24, 2.45) is 5.92 Å². The molecule has 0 aliphatic carbocycles. The molecule has 1 fully saturated rings. The van der Waals surface area contributed by atoms with Gasteiger partial charge in [-0.15, -0.1) is 12.4 Å². The van der Waals surface area contributed by atoms with Crippen molar-refractivity contribution >= 4 is 35.6 Å². The van der Waals surface area contributed by atoms with Crippen LogP contribution in [0.5, 0.6) is 0 Å². The third kappa shape index (κ3) is 5.01. The third-order valence-corrected chi connectivity index (χ3v) is 3.66. The molecule has 0 aromatic heterocycles. The number of anilines is 1. The fourth-order valence-electron chi connectivity index (χ4n) is 2.28. The molecule has 0 saturated carbocycles.